The highest BCUT2D eigenvalue weighted by atomic mass is 16.5. The Morgan fingerprint density at radius 2 is 1.70 bits per heavy atom. The summed E-state index contributed by atoms with van der Waals surface area (Å²) in [7, 11) is 0. The lowest BCUT2D eigenvalue weighted by Gasteiger charge is -2.61. The zero-order valence-electron chi connectivity index (χ0n) is 18.4. The van der Waals surface area contributed by atoms with E-state index in [0.717, 1.165) is 48.3 Å². The minimum absolute atomic E-state index is 0.0900. The summed E-state index contributed by atoms with van der Waals surface area (Å²) in [6, 6.07) is 0. The van der Waals surface area contributed by atoms with Crippen LogP contribution in [0.2, 0.25) is 0 Å². The SMILES string of the molecule is CCC(C)C1CCC2C3CCC4C[C@H](OC(C)=O)CC[C@]4(C)C3CC[C@]12C. The van der Waals surface area contributed by atoms with Crippen molar-refractivity contribution in [1.82, 2.24) is 0 Å². The summed E-state index contributed by atoms with van der Waals surface area (Å²) >= 11 is 0. The molecule has 4 aliphatic carbocycles. The van der Waals surface area contributed by atoms with Crippen LogP contribution in [0.15, 0.2) is 0 Å². The quantitative estimate of drug-likeness (QED) is 0.519. The maximum atomic E-state index is 11.4. The van der Waals surface area contributed by atoms with Gasteiger partial charge in [0.05, 0.1) is 0 Å². The van der Waals surface area contributed by atoms with Gasteiger partial charge in [-0.25, -0.2) is 0 Å². The largest absolute Gasteiger partial charge is 0.463 e. The van der Waals surface area contributed by atoms with Crippen LogP contribution in [0, 0.1) is 46.3 Å². The summed E-state index contributed by atoms with van der Waals surface area (Å²) in [4.78, 5) is 11.4. The van der Waals surface area contributed by atoms with Gasteiger partial charge in [0.25, 0.3) is 0 Å². The van der Waals surface area contributed by atoms with Gasteiger partial charge in [-0.1, -0.05) is 34.1 Å². The molecule has 4 fully saturated rings. The molecule has 4 saturated carbocycles. The Morgan fingerprint density at radius 1 is 1.00 bits per heavy atom. The Bertz CT molecular complexity index is 571. The van der Waals surface area contributed by atoms with Gasteiger partial charge in [-0.05, 0) is 104 Å². The summed E-state index contributed by atoms with van der Waals surface area (Å²) in [5.74, 6) is 5.38. The van der Waals surface area contributed by atoms with Crippen molar-refractivity contribution in [2.45, 2.75) is 105 Å². The standard InChI is InChI=1S/C25H42O2/c1-6-16(2)21-9-10-22-20-8-7-18-15-19(27-17(3)26)11-13-24(18,4)23(20)12-14-25(21,22)5/h16,18-23H,6-15H2,1-5H3/t16?,18?,19-,20?,21?,22?,23?,24+,25-/m1/s1. The average molecular weight is 375 g/mol. The van der Waals surface area contributed by atoms with Crippen LogP contribution in [0.1, 0.15) is 98.8 Å². The number of rotatable bonds is 3. The Morgan fingerprint density at radius 3 is 2.41 bits per heavy atom. The summed E-state index contributed by atoms with van der Waals surface area (Å²) in [5, 5.41) is 0. The summed E-state index contributed by atoms with van der Waals surface area (Å²) < 4.78 is 5.62. The zero-order valence-corrected chi connectivity index (χ0v) is 18.4. The molecule has 27 heavy (non-hydrogen) atoms. The molecule has 0 aliphatic heterocycles. The Labute approximate surface area is 167 Å². The third-order valence-electron chi connectivity index (χ3n) is 10.4. The van der Waals surface area contributed by atoms with Crippen molar-refractivity contribution in [3.05, 3.63) is 0 Å². The van der Waals surface area contributed by atoms with E-state index >= 15 is 0 Å². The van der Waals surface area contributed by atoms with Gasteiger partial charge < -0.3 is 4.74 Å². The second-order valence-electron chi connectivity index (χ2n) is 11.3. The summed E-state index contributed by atoms with van der Waals surface area (Å²) in [6.45, 7) is 11.8. The van der Waals surface area contributed by atoms with Crippen molar-refractivity contribution in [2.24, 2.45) is 46.3 Å². The van der Waals surface area contributed by atoms with Crippen LogP contribution < -0.4 is 0 Å². The van der Waals surface area contributed by atoms with Gasteiger partial charge in [-0.3, -0.25) is 4.79 Å². The molecule has 0 radical (unpaired) electrons. The number of hydrogen-bond acceptors (Lipinski definition) is 2. The molecule has 0 amide bonds. The van der Waals surface area contributed by atoms with Gasteiger partial charge in [0.15, 0.2) is 0 Å². The van der Waals surface area contributed by atoms with Crippen LogP contribution >= 0.6 is 0 Å². The first-order valence-corrected chi connectivity index (χ1v) is 12.0. The fourth-order valence-corrected chi connectivity index (χ4v) is 8.82. The van der Waals surface area contributed by atoms with Gasteiger partial charge >= 0.3 is 5.97 Å². The number of carbonyl (C=O) groups is 1. The summed E-state index contributed by atoms with van der Waals surface area (Å²) in [5.41, 5.74) is 1.10. The first-order chi connectivity index (χ1) is 12.8. The number of fused-ring (bicyclic) bond motifs is 5. The van der Waals surface area contributed by atoms with Crippen molar-refractivity contribution in [2.75, 3.05) is 0 Å². The second-order valence-corrected chi connectivity index (χ2v) is 11.3. The van der Waals surface area contributed by atoms with Crippen LogP contribution in [-0.4, -0.2) is 12.1 Å². The predicted octanol–water partition coefficient (Wildman–Crippen LogP) is 6.62. The molecule has 0 spiro atoms. The number of hydrogen-bond donors (Lipinski definition) is 0. The lowest BCUT2D eigenvalue weighted by molar-refractivity contribution is -0.160. The molecule has 2 heteroatoms. The van der Waals surface area contributed by atoms with E-state index < -0.39 is 0 Å². The molecule has 0 bridgehead atoms. The molecule has 0 N–H and O–H groups in total. The van der Waals surface area contributed by atoms with Gasteiger partial charge in [0.2, 0.25) is 0 Å². The molecule has 0 aromatic carbocycles. The molecular formula is C25H42O2. The van der Waals surface area contributed by atoms with Gasteiger partial charge in [-0.15, -0.1) is 0 Å². The van der Waals surface area contributed by atoms with E-state index in [2.05, 4.69) is 27.7 Å². The molecule has 0 heterocycles. The minimum Gasteiger partial charge on any atom is -0.463 e. The molecule has 6 unspecified atom stereocenters. The normalized spacial score (nSPS) is 50.3. The smallest absolute Gasteiger partial charge is 0.302 e. The fraction of sp³-hybridized carbons (Fsp3) is 0.960. The highest BCUT2D eigenvalue weighted by molar-refractivity contribution is 5.66. The van der Waals surface area contributed by atoms with E-state index in [0.29, 0.717) is 10.8 Å². The lowest BCUT2D eigenvalue weighted by atomic mass is 9.44. The van der Waals surface area contributed by atoms with Crippen LogP contribution in [0.5, 0.6) is 0 Å². The Balaban J connectivity index is 1.52. The monoisotopic (exact) mass is 374 g/mol. The van der Waals surface area contributed by atoms with Gasteiger partial charge in [0.1, 0.15) is 6.10 Å². The molecule has 0 aromatic rings. The van der Waals surface area contributed by atoms with E-state index in [1.54, 1.807) is 6.92 Å². The van der Waals surface area contributed by atoms with E-state index in [-0.39, 0.29) is 12.1 Å². The Kier molecular flexibility index (Phi) is 5.17. The maximum Gasteiger partial charge on any atom is 0.302 e. The first-order valence-electron chi connectivity index (χ1n) is 12.0. The topological polar surface area (TPSA) is 26.3 Å². The van der Waals surface area contributed by atoms with E-state index in [4.69, 9.17) is 4.74 Å². The fourth-order valence-electron chi connectivity index (χ4n) is 8.82. The third kappa shape index (κ3) is 3.08. The first kappa shape index (κ1) is 19.8. The molecule has 0 aromatic heterocycles. The number of ether oxygens (including phenoxy) is 1. The summed E-state index contributed by atoms with van der Waals surface area (Å²) in [6.07, 6.45) is 13.7. The highest BCUT2D eigenvalue weighted by Crippen LogP contribution is 2.68. The average Bonchev–Trinajstić information content (AvgIpc) is 2.98. The maximum absolute atomic E-state index is 11.4. The van der Waals surface area contributed by atoms with Crippen LogP contribution in [0.25, 0.3) is 0 Å². The molecule has 4 aliphatic rings. The van der Waals surface area contributed by atoms with Gasteiger partial charge in [0, 0.05) is 6.92 Å². The van der Waals surface area contributed by atoms with E-state index in [1.165, 1.54) is 51.4 Å². The molecule has 9 atom stereocenters. The number of carbonyl (C=O) groups excluding carboxylic acids is 1. The van der Waals surface area contributed by atoms with Crippen molar-refractivity contribution in [1.29, 1.82) is 0 Å². The van der Waals surface area contributed by atoms with Crippen molar-refractivity contribution in [3.8, 4) is 0 Å². The van der Waals surface area contributed by atoms with Crippen LogP contribution in [-0.2, 0) is 9.53 Å². The molecule has 0 saturated heterocycles. The zero-order chi connectivity index (χ0) is 19.4. The van der Waals surface area contributed by atoms with Crippen LogP contribution in [0.3, 0.4) is 0 Å². The minimum atomic E-state index is -0.0900. The molecule has 154 valence electrons. The second kappa shape index (κ2) is 7.06. The van der Waals surface area contributed by atoms with Crippen molar-refractivity contribution < 1.29 is 9.53 Å². The predicted molar refractivity (Wildman–Crippen MR) is 110 cm³/mol. The Hall–Kier alpha value is -0.530. The van der Waals surface area contributed by atoms with Crippen LogP contribution in [0.4, 0.5) is 0 Å². The molecule has 2 nitrogen and oxygen atoms in total. The molecular weight excluding hydrogens is 332 g/mol. The van der Waals surface area contributed by atoms with Gasteiger partial charge in [-0.2, -0.15) is 0 Å². The highest BCUT2D eigenvalue weighted by Gasteiger charge is 2.60. The third-order valence-corrected chi connectivity index (χ3v) is 10.4. The van der Waals surface area contributed by atoms with Crippen molar-refractivity contribution >= 4 is 5.97 Å². The van der Waals surface area contributed by atoms with Crippen molar-refractivity contribution in [3.63, 3.8) is 0 Å². The van der Waals surface area contributed by atoms with E-state index in [9.17, 15) is 4.79 Å². The molecule has 4 rings (SSSR count). The van der Waals surface area contributed by atoms with E-state index in [1.807, 2.05) is 0 Å². The number of esters is 1. The lowest BCUT2D eigenvalue weighted by Crippen LogP contribution is -2.54.